The minimum atomic E-state index is -0.368. The van der Waals surface area contributed by atoms with Crippen molar-refractivity contribution in [2.24, 2.45) is 0 Å². The molecule has 1 aromatic carbocycles. The van der Waals surface area contributed by atoms with Crippen molar-refractivity contribution in [3.05, 3.63) is 48.0 Å². The molecule has 0 bridgehead atoms. The van der Waals surface area contributed by atoms with E-state index in [2.05, 4.69) is 20.7 Å². The molecule has 3 aromatic rings. The minimum Gasteiger partial charge on any atom is -0.381 e. The number of aromatic nitrogens is 3. The number of fused-ring (bicyclic) bond motifs is 1. The van der Waals surface area contributed by atoms with Crippen LogP contribution in [0.3, 0.4) is 0 Å². The highest BCUT2D eigenvalue weighted by atomic mass is 19.1. The smallest absolute Gasteiger partial charge is 0.259 e. The molecule has 7 nitrogen and oxygen atoms in total. The number of nitrogens with zero attached hydrogens (tertiary/aromatic N) is 3. The van der Waals surface area contributed by atoms with Crippen LogP contribution in [0, 0.1) is 5.82 Å². The van der Waals surface area contributed by atoms with E-state index in [1.54, 1.807) is 10.9 Å². The molecule has 8 heteroatoms. The SMILES string of the molecule is CCn1ncc2c(NC3CCC(=O)CC3)c(C(=O)Nc3ccc(F)cc3)cnc21. The van der Waals surface area contributed by atoms with Gasteiger partial charge in [0, 0.05) is 37.3 Å². The van der Waals surface area contributed by atoms with Crippen molar-refractivity contribution in [1.82, 2.24) is 14.8 Å². The molecule has 29 heavy (non-hydrogen) atoms. The zero-order valence-electron chi connectivity index (χ0n) is 16.1. The summed E-state index contributed by atoms with van der Waals surface area (Å²) < 4.78 is 14.9. The highest BCUT2D eigenvalue weighted by Gasteiger charge is 2.23. The van der Waals surface area contributed by atoms with Crippen LogP contribution in [-0.4, -0.2) is 32.5 Å². The second-order valence-corrected chi connectivity index (χ2v) is 7.16. The predicted octanol–water partition coefficient (Wildman–Crippen LogP) is 3.77. The fraction of sp³-hybridized carbons (Fsp3) is 0.333. The summed E-state index contributed by atoms with van der Waals surface area (Å²) in [5.41, 5.74) is 2.23. The van der Waals surface area contributed by atoms with Crippen molar-refractivity contribution in [2.75, 3.05) is 10.6 Å². The van der Waals surface area contributed by atoms with E-state index in [-0.39, 0.29) is 23.5 Å². The van der Waals surface area contributed by atoms with Crippen LogP contribution in [0.4, 0.5) is 15.8 Å². The van der Waals surface area contributed by atoms with Gasteiger partial charge in [0.05, 0.1) is 22.8 Å². The first-order chi connectivity index (χ1) is 14.0. The Labute approximate surface area is 167 Å². The third kappa shape index (κ3) is 3.96. The predicted molar refractivity (Wildman–Crippen MR) is 108 cm³/mol. The van der Waals surface area contributed by atoms with Gasteiger partial charge in [0.1, 0.15) is 11.6 Å². The summed E-state index contributed by atoms with van der Waals surface area (Å²) in [7, 11) is 0. The number of pyridine rings is 1. The maximum Gasteiger partial charge on any atom is 0.259 e. The molecule has 0 saturated heterocycles. The first-order valence-electron chi connectivity index (χ1n) is 9.75. The summed E-state index contributed by atoms with van der Waals surface area (Å²) in [5.74, 6) is -0.437. The number of benzene rings is 1. The number of rotatable bonds is 5. The number of Topliss-reactive ketones (excluding diaryl/α,β-unsaturated/α-hetero) is 1. The molecule has 0 spiro atoms. The van der Waals surface area contributed by atoms with Crippen molar-refractivity contribution >= 4 is 34.1 Å². The molecule has 0 atom stereocenters. The molecule has 1 aliphatic carbocycles. The van der Waals surface area contributed by atoms with Crippen LogP contribution >= 0.6 is 0 Å². The molecule has 1 amide bonds. The molecule has 0 aliphatic heterocycles. The van der Waals surface area contributed by atoms with E-state index in [0.717, 1.165) is 18.2 Å². The number of carbonyl (C=O) groups is 2. The van der Waals surface area contributed by atoms with Gasteiger partial charge >= 0.3 is 0 Å². The number of aryl methyl sites for hydroxylation is 1. The Morgan fingerprint density at radius 3 is 2.62 bits per heavy atom. The molecule has 2 heterocycles. The number of ketones is 1. The summed E-state index contributed by atoms with van der Waals surface area (Å²) in [4.78, 5) is 29.0. The Kier molecular flexibility index (Phi) is 5.24. The number of hydrogen-bond donors (Lipinski definition) is 2. The zero-order chi connectivity index (χ0) is 20.4. The van der Waals surface area contributed by atoms with Gasteiger partial charge in [-0.1, -0.05) is 0 Å². The Bertz CT molecular complexity index is 1050. The second kappa shape index (κ2) is 7.98. The van der Waals surface area contributed by atoms with E-state index >= 15 is 0 Å². The molecule has 2 aromatic heterocycles. The molecule has 4 rings (SSSR count). The Morgan fingerprint density at radius 2 is 1.93 bits per heavy atom. The standard InChI is InChI=1S/C21H22FN5O2/c1-2-27-20-17(12-24-27)19(25-14-7-9-16(28)10-8-14)18(11-23-20)21(29)26-15-5-3-13(22)4-6-15/h3-6,11-12,14H,2,7-10H2,1H3,(H,23,25)(H,26,29). The molecule has 0 unspecified atom stereocenters. The Balaban J connectivity index is 1.68. The Morgan fingerprint density at radius 1 is 1.21 bits per heavy atom. The maximum atomic E-state index is 13.1. The van der Waals surface area contributed by atoms with E-state index in [1.165, 1.54) is 30.5 Å². The van der Waals surface area contributed by atoms with Crippen molar-refractivity contribution in [3.63, 3.8) is 0 Å². The lowest BCUT2D eigenvalue weighted by Crippen LogP contribution is -2.27. The van der Waals surface area contributed by atoms with E-state index in [0.29, 0.717) is 42.0 Å². The molecule has 1 aliphatic rings. The van der Waals surface area contributed by atoms with Gasteiger partial charge in [-0.15, -0.1) is 0 Å². The van der Waals surface area contributed by atoms with Crippen molar-refractivity contribution < 1.29 is 14.0 Å². The number of amides is 1. The fourth-order valence-electron chi connectivity index (χ4n) is 3.61. The summed E-state index contributed by atoms with van der Waals surface area (Å²) >= 11 is 0. The lowest BCUT2D eigenvalue weighted by atomic mass is 9.94. The molecule has 1 saturated carbocycles. The zero-order valence-corrected chi connectivity index (χ0v) is 16.1. The average molecular weight is 395 g/mol. The molecule has 150 valence electrons. The normalized spacial score (nSPS) is 14.9. The fourth-order valence-corrected chi connectivity index (χ4v) is 3.61. The van der Waals surface area contributed by atoms with Crippen LogP contribution in [0.1, 0.15) is 43.0 Å². The maximum absolute atomic E-state index is 13.1. The van der Waals surface area contributed by atoms with Gasteiger partial charge in [-0.25, -0.2) is 14.1 Å². The highest BCUT2D eigenvalue weighted by molar-refractivity contribution is 6.12. The molecular formula is C21H22FN5O2. The quantitative estimate of drug-likeness (QED) is 0.687. The van der Waals surface area contributed by atoms with Crippen LogP contribution < -0.4 is 10.6 Å². The summed E-state index contributed by atoms with van der Waals surface area (Å²) in [6.45, 7) is 2.64. The van der Waals surface area contributed by atoms with E-state index in [1.807, 2.05) is 6.92 Å². The highest BCUT2D eigenvalue weighted by Crippen LogP contribution is 2.30. The van der Waals surface area contributed by atoms with Crippen LogP contribution in [0.2, 0.25) is 0 Å². The monoisotopic (exact) mass is 395 g/mol. The lowest BCUT2D eigenvalue weighted by Gasteiger charge is -2.24. The number of halogens is 1. The summed E-state index contributed by atoms with van der Waals surface area (Å²) in [5, 5.41) is 11.4. The molecule has 0 radical (unpaired) electrons. The van der Waals surface area contributed by atoms with Gasteiger partial charge in [-0.3, -0.25) is 9.59 Å². The Hall–Kier alpha value is -3.29. The van der Waals surface area contributed by atoms with E-state index in [4.69, 9.17) is 0 Å². The minimum absolute atomic E-state index is 0.0978. The molecule has 2 N–H and O–H groups in total. The number of anilines is 2. The lowest BCUT2D eigenvalue weighted by molar-refractivity contribution is -0.120. The van der Waals surface area contributed by atoms with Crippen LogP contribution in [0.15, 0.2) is 36.7 Å². The van der Waals surface area contributed by atoms with Crippen molar-refractivity contribution in [1.29, 1.82) is 0 Å². The third-order valence-corrected chi connectivity index (χ3v) is 5.20. The molecular weight excluding hydrogens is 373 g/mol. The van der Waals surface area contributed by atoms with Crippen molar-refractivity contribution in [2.45, 2.75) is 45.2 Å². The van der Waals surface area contributed by atoms with Gasteiger partial charge in [0.25, 0.3) is 5.91 Å². The van der Waals surface area contributed by atoms with Gasteiger partial charge in [0.2, 0.25) is 0 Å². The summed E-state index contributed by atoms with van der Waals surface area (Å²) in [6, 6.07) is 5.70. The first kappa shape index (κ1) is 19.0. The van der Waals surface area contributed by atoms with Gasteiger partial charge in [0.15, 0.2) is 5.65 Å². The van der Waals surface area contributed by atoms with Crippen LogP contribution in [0.5, 0.6) is 0 Å². The van der Waals surface area contributed by atoms with Gasteiger partial charge < -0.3 is 10.6 Å². The average Bonchev–Trinajstić information content (AvgIpc) is 3.15. The van der Waals surface area contributed by atoms with Crippen molar-refractivity contribution in [3.8, 4) is 0 Å². The third-order valence-electron chi connectivity index (χ3n) is 5.20. The number of hydrogen-bond acceptors (Lipinski definition) is 5. The van der Waals surface area contributed by atoms with Crippen LogP contribution in [-0.2, 0) is 11.3 Å². The van der Waals surface area contributed by atoms with Gasteiger partial charge in [-0.05, 0) is 44.0 Å². The first-order valence-corrected chi connectivity index (χ1v) is 9.75. The van der Waals surface area contributed by atoms with E-state index in [9.17, 15) is 14.0 Å². The molecule has 1 fully saturated rings. The van der Waals surface area contributed by atoms with E-state index < -0.39 is 0 Å². The number of nitrogens with one attached hydrogen (secondary N) is 2. The second-order valence-electron chi connectivity index (χ2n) is 7.16. The summed E-state index contributed by atoms with van der Waals surface area (Å²) in [6.07, 6.45) is 5.77. The van der Waals surface area contributed by atoms with Gasteiger partial charge in [-0.2, -0.15) is 5.10 Å². The largest absolute Gasteiger partial charge is 0.381 e. The number of carbonyl (C=O) groups excluding carboxylic acids is 2. The topological polar surface area (TPSA) is 88.9 Å². The van der Waals surface area contributed by atoms with Crippen LogP contribution in [0.25, 0.3) is 11.0 Å².